The highest BCUT2D eigenvalue weighted by Crippen LogP contribution is 2.38. The van der Waals surface area contributed by atoms with Gasteiger partial charge in [0.15, 0.2) is 0 Å². The molecule has 0 amide bonds. The SMILES string of the molecule is CC1(C)CCCCC1Nc1ccccc1OC(F)F. The van der Waals surface area contributed by atoms with Crippen LogP contribution in [0.25, 0.3) is 0 Å². The number of para-hydroxylation sites is 2. The van der Waals surface area contributed by atoms with Gasteiger partial charge < -0.3 is 10.1 Å². The molecule has 1 aliphatic carbocycles. The Labute approximate surface area is 113 Å². The maximum atomic E-state index is 12.4. The summed E-state index contributed by atoms with van der Waals surface area (Å²) in [7, 11) is 0. The molecule has 1 N–H and O–H groups in total. The number of ether oxygens (including phenoxy) is 1. The van der Waals surface area contributed by atoms with Gasteiger partial charge in [0, 0.05) is 6.04 Å². The minimum atomic E-state index is -2.79. The van der Waals surface area contributed by atoms with Gasteiger partial charge in [-0.25, -0.2) is 0 Å². The van der Waals surface area contributed by atoms with Crippen molar-refractivity contribution in [2.24, 2.45) is 5.41 Å². The van der Waals surface area contributed by atoms with Crippen LogP contribution in [0.5, 0.6) is 5.75 Å². The van der Waals surface area contributed by atoms with Gasteiger partial charge >= 0.3 is 6.61 Å². The number of benzene rings is 1. The van der Waals surface area contributed by atoms with Gasteiger partial charge in [0.2, 0.25) is 0 Å². The van der Waals surface area contributed by atoms with Gasteiger partial charge in [0.1, 0.15) is 5.75 Å². The second-order valence-electron chi connectivity index (χ2n) is 5.81. The molecule has 1 aromatic carbocycles. The van der Waals surface area contributed by atoms with Crippen LogP contribution in [0, 0.1) is 5.41 Å². The number of halogens is 2. The van der Waals surface area contributed by atoms with E-state index in [1.165, 1.54) is 12.8 Å². The molecule has 4 heteroatoms. The molecule has 1 unspecified atom stereocenters. The zero-order valence-electron chi connectivity index (χ0n) is 11.5. The number of hydrogen-bond acceptors (Lipinski definition) is 2. The van der Waals surface area contributed by atoms with Crippen LogP contribution in [0.1, 0.15) is 39.5 Å². The van der Waals surface area contributed by atoms with Crippen LogP contribution in [0.3, 0.4) is 0 Å². The molecule has 2 nitrogen and oxygen atoms in total. The fourth-order valence-electron chi connectivity index (χ4n) is 2.73. The van der Waals surface area contributed by atoms with E-state index >= 15 is 0 Å². The molecule has 19 heavy (non-hydrogen) atoms. The average Bonchev–Trinajstić information content (AvgIpc) is 2.33. The van der Waals surface area contributed by atoms with Crippen molar-refractivity contribution < 1.29 is 13.5 Å². The van der Waals surface area contributed by atoms with E-state index in [4.69, 9.17) is 0 Å². The standard InChI is InChI=1S/C15H21F2NO/c1-15(2)10-6-5-9-13(15)18-11-7-3-4-8-12(11)19-14(16)17/h3-4,7-8,13-14,18H,5-6,9-10H2,1-2H3. The maximum Gasteiger partial charge on any atom is 0.387 e. The molecule has 0 bridgehead atoms. The summed E-state index contributed by atoms with van der Waals surface area (Å²) in [6, 6.07) is 7.20. The molecule has 0 spiro atoms. The van der Waals surface area contributed by atoms with Crippen molar-refractivity contribution >= 4 is 5.69 Å². The average molecular weight is 269 g/mol. The number of rotatable bonds is 4. The molecule has 1 aliphatic rings. The summed E-state index contributed by atoms with van der Waals surface area (Å²) in [6.07, 6.45) is 4.64. The Kier molecular flexibility index (Phi) is 4.27. The van der Waals surface area contributed by atoms with Crippen molar-refractivity contribution in [2.75, 3.05) is 5.32 Å². The Hall–Kier alpha value is -1.32. The first kappa shape index (κ1) is 14.1. The third-order valence-corrected chi connectivity index (χ3v) is 3.94. The molecule has 0 aromatic heterocycles. The van der Waals surface area contributed by atoms with Crippen molar-refractivity contribution in [3.8, 4) is 5.75 Å². The summed E-state index contributed by atoms with van der Waals surface area (Å²) in [6.45, 7) is 1.66. The van der Waals surface area contributed by atoms with E-state index in [0.717, 1.165) is 12.8 Å². The first-order chi connectivity index (χ1) is 8.99. The molecule has 106 valence electrons. The molecule has 0 saturated heterocycles. The van der Waals surface area contributed by atoms with Gasteiger partial charge in [-0.3, -0.25) is 0 Å². The van der Waals surface area contributed by atoms with E-state index in [9.17, 15) is 8.78 Å². The van der Waals surface area contributed by atoms with Crippen molar-refractivity contribution in [3.63, 3.8) is 0 Å². The van der Waals surface area contributed by atoms with Gasteiger partial charge in [-0.05, 0) is 30.4 Å². The highest BCUT2D eigenvalue weighted by molar-refractivity contribution is 5.57. The van der Waals surface area contributed by atoms with Crippen molar-refractivity contribution in [1.29, 1.82) is 0 Å². The van der Waals surface area contributed by atoms with Crippen LogP contribution in [-0.2, 0) is 0 Å². The normalized spacial score (nSPS) is 22.3. The minimum absolute atomic E-state index is 0.177. The predicted octanol–water partition coefficient (Wildman–Crippen LogP) is 4.67. The van der Waals surface area contributed by atoms with Crippen LogP contribution in [0.15, 0.2) is 24.3 Å². The molecule has 0 radical (unpaired) electrons. The molecule has 0 aliphatic heterocycles. The van der Waals surface area contributed by atoms with E-state index in [0.29, 0.717) is 11.7 Å². The first-order valence-electron chi connectivity index (χ1n) is 6.79. The third-order valence-electron chi connectivity index (χ3n) is 3.94. The summed E-state index contributed by atoms with van der Waals surface area (Å²) in [4.78, 5) is 0. The largest absolute Gasteiger partial charge is 0.433 e. The predicted molar refractivity (Wildman–Crippen MR) is 72.7 cm³/mol. The van der Waals surface area contributed by atoms with Crippen LogP contribution in [0.4, 0.5) is 14.5 Å². The Morgan fingerprint density at radius 3 is 2.68 bits per heavy atom. The molecule has 1 aromatic rings. The lowest BCUT2D eigenvalue weighted by atomic mass is 9.73. The Bertz CT molecular complexity index is 420. The maximum absolute atomic E-state index is 12.4. The van der Waals surface area contributed by atoms with Gasteiger partial charge in [-0.1, -0.05) is 38.8 Å². The molecule has 1 saturated carbocycles. The lowest BCUT2D eigenvalue weighted by Gasteiger charge is -2.39. The second kappa shape index (κ2) is 5.76. The van der Waals surface area contributed by atoms with Crippen molar-refractivity contribution in [3.05, 3.63) is 24.3 Å². The first-order valence-corrected chi connectivity index (χ1v) is 6.79. The van der Waals surface area contributed by atoms with Crippen LogP contribution < -0.4 is 10.1 Å². The summed E-state index contributed by atoms with van der Waals surface area (Å²) in [5.41, 5.74) is 0.832. The monoisotopic (exact) mass is 269 g/mol. The lowest BCUT2D eigenvalue weighted by Crippen LogP contribution is -2.39. The van der Waals surface area contributed by atoms with Crippen molar-refractivity contribution in [1.82, 2.24) is 0 Å². The van der Waals surface area contributed by atoms with Crippen LogP contribution in [0.2, 0.25) is 0 Å². The summed E-state index contributed by atoms with van der Waals surface area (Å²) >= 11 is 0. The molecule has 2 rings (SSSR count). The van der Waals surface area contributed by atoms with E-state index < -0.39 is 6.61 Å². The highest BCUT2D eigenvalue weighted by atomic mass is 19.3. The minimum Gasteiger partial charge on any atom is -0.433 e. The van der Waals surface area contributed by atoms with E-state index in [1.54, 1.807) is 18.2 Å². The Balaban J connectivity index is 2.13. The summed E-state index contributed by atoms with van der Waals surface area (Å²) < 4.78 is 29.3. The topological polar surface area (TPSA) is 21.3 Å². The van der Waals surface area contributed by atoms with E-state index in [2.05, 4.69) is 23.9 Å². The Morgan fingerprint density at radius 2 is 2.00 bits per heavy atom. The fraction of sp³-hybridized carbons (Fsp3) is 0.600. The molecule has 0 heterocycles. The molecule has 1 atom stereocenters. The molecule has 1 fully saturated rings. The highest BCUT2D eigenvalue weighted by Gasteiger charge is 2.32. The van der Waals surface area contributed by atoms with Crippen LogP contribution in [-0.4, -0.2) is 12.7 Å². The number of alkyl halides is 2. The van der Waals surface area contributed by atoms with E-state index in [1.807, 2.05) is 6.07 Å². The number of anilines is 1. The lowest BCUT2D eigenvalue weighted by molar-refractivity contribution is -0.0494. The zero-order valence-corrected chi connectivity index (χ0v) is 11.5. The Morgan fingerprint density at radius 1 is 1.26 bits per heavy atom. The quantitative estimate of drug-likeness (QED) is 0.857. The summed E-state index contributed by atoms with van der Waals surface area (Å²) in [5.74, 6) is 0.221. The zero-order chi connectivity index (χ0) is 13.9. The smallest absolute Gasteiger partial charge is 0.387 e. The van der Waals surface area contributed by atoms with E-state index in [-0.39, 0.29) is 11.2 Å². The fourth-order valence-corrected chi connectivity index (χ4v) is 2.73. The molecular weight excluding hydrogens is 248 g/mol. The molecular formula is C15H21F2NO. The van der Waals surface area contributed by atoms with Gasteiger partial charge in [0.05, 0.1) is 5.69 Å². The van der Waals surface area contributed by atoms with Gasteiger partial charge in [0.25, 0.3) is 0 Å². The second-order valence-corrected chi connectivity index (χ2v) is 5.81. The van der Waals surface area contributed by atoms with Gasteiger partial charge in [-0.15, -0.1) is 0 Å². The number of hydrogen-bond donors (Lipinski definition) is 1. The number of nitrogens with one attached hydrogen (secondary N) is 1. The van der Waals surface area contributed by atoms with Crippen molar-refractivity contribution in [2.45, 2.75) is 52.2 Å². The van der Waals surface area contributed by atoms with Gasteiger partial charge in [-0.2, -0.15) is 8.78 Å². The van der Waals surface area contributed by atoms with Crippen LogP contribution >= 0.6 is 0 Å². The summed E-state index contributed by atoms with van der Waals surface area (Å²) in [5, 5.41) is 3.39. The third kappa shape index (κ3) is 3.58.